The second-order valence-electron chi connectivity index (χ2n) is 4.41. The minimum absolute atomic E-state index is 0.368. The Labute approximate surface area is 105 Å². The van der Waals surface area contributed by atoms with Crippen molar-refractivity contribution in [3.8, 4) is 0 Å². The minimum Gasteiger partial charge on any atom is -0.480 e. The zero-order chi connectivity index (χ0) is 13.2. The molecule has 1 aliphatic carbocycles. The summed E-state index contributed by atoms with van der Waals surface area (Å²) >= 11 is 0. The van der Waals surface area contributed by atoms with Crippen LogP contribution in [0.25, 0.3) is 5.57 Å². The van der Waals surface area contributed by atoms with Gasteiger partial charge in [0.2, 0.25) is 0 Å². The fourth-order valence-corrected chi connectivity index (χ4v) is 2.34. The molecule has 0 fully saturated rings. The van der Waals surface area contributed by atoms with E-state index in [1.54, 1.807) is 25.2 Å². The van der Waals surface area contributed by atoms with E-state index in [2.05, 4.69) is 0 Å². The van der Waals surface area contributed by atoms with Crippen LogP contribution in [-0.2, 0) is 9.59 Å². The molecule has 1 aromatic carbocycles. The topological polar surface area (TPSA) is 54.4 Å². The van der Waals surface area contributed by atoms with Crippen LogP contribution in [-0.4, -0.2) is 17.4 Å². The van der Waals surface area contributed by atoms with Crippen molar-refractivity contribution in [2.45, 2.75) is 6.92 Å². The Hall–Kier alpha value is -2.16. The molecule has 0 saturated carbocycles. The zero-order valence-electron chi connectivity index (χ0n) is 10.0. The number of rotatable bonds is 3. The Morgan fingerprint density at radius 1 is 1.33 bits per heavy atom. The van der Waals surface area contributed by atoms with Crippen molar-refractivity contribution in [1.82, 2.24) is 0 Å². The molecule has 2 rings (SSSR count). The molecule has 0 radical (unpaired) electrons. The van der Waals surface area contributed by atoms with Crippen LogP contribution in [0.5, 0.6) is 0 Å². The average Bonchev–Trinajstić information content (AvgIpc) is 2.39. The number of aldehydes is 1. The van der Waals surface area contributed by atoms with Gasteiger partial charge in [-0.1, -0.05) is 55.5 Å². The Morgan fingerprint density at radius 2 is 2.00 bits per heavy atom. The maximum absolute atomic E-state index is 11.6. The van der Waals surface area contributed by atoms with Crippen LogP contribution in [0.2, 0.25) is 0 Å². The summed E-state index contributed by atoms with van der Waals surface area (Å²) in [6.45, 7) is 1.74. The lowest BCUT2D eigenvalue weighted by Crippen LogP contribution is -2.40. The van der Waals surface area contributed by atoms with Gasteiger partial charge in [-0.2, -0.15) is 0 Å². The quantitative estimate of drug-likeness (QED) is 0.654. The highest BCUT2D eigenvalue weighted by atomic mass is 16.4. The van der Waals surface area contributed by atoms with Crippen LogP contribution >= 0.6 is 0 Å². The third-order valence-electron chi connectivity index (χ3n) is 3.45. The largest absolute Gasteiger partial charge is 0.480 e. The lowest BCUT2D eigenvalue weighted by Gasteiger charge is -2.33. The van der Waals surface area contributed by atoms with Crippen molar-refractivity contribution in [2.75, 3.05) is 0 Å². The Morgan fingerprint density at radius 3 is 2.56 bits per heavy atom. The van der Waals surface area contributed by atoms with Crippen LogP contribution in [0.1, 0.15) is 12.5 Å². The fraction of sp³-hybridized carbons (Fsp3) is 0.200. The third-order valence-corrected chi connectivity index (χ3v) is 3.45. The smallest absolute Gasteiger partial charge is 0.322 e. The van der Waals surface area contributed by atoms with Gasteiger partial charge in [0, 0.05) is 5.92 Å². The van der Waals surface area contributed by atoms with Crippen molar-refractivity contribution in [3.63, 3.8) is 0 Å². The molecule has 0 amide bonds. The number of allylic oxidation sites excluding steroid dienone is 3. The molecule has 0 bridgehead atoms. The van der Waals surface area contributed by atoms with Gasteiger partial charge in [0.05, 0.1) is 0 Å². The summed E-state index contributed by atoms with van der Waals surface area (Å²) in [5, 5.41) is 9.48. The first-order chi connectivity index (χ1) is 8.63. The zero-order valence-corrected chi connectivity index (χ0v) is 10.0. The maximum atomic E-state index is 11.6. The number of aliphatic carboxylic acids is 1. The standard InChI is InChI=1S/C15H14O3/c1-11-6-5-9-13(12-7-3-2-4-8-12)15(11,10-16)14(17)18/h2-11H,1H3,(H,17,18). The van der Waals surface area contributed by atoms with E-state index in [1.165, 1.54) is 0 Å². The van der Waals surface area contributed by atoms with Gasteiger partial charge in [-0.05, 0) is 11.1 Å². The molecule has 18 heavy (non-hydrogen) atoms. The first-order valence-electron chi connectivity index (χ1n) is 5.77. The number of hydrogen-bond acceptors (Lipinski definition) is 2. The van der Waals surface area contributed by atoms with Crippen molar-refractivity contribution in [2.24, 2.45) is 11.3 Å². The van der Waals surface area contributed by atoms with Crippen molar-refractivity contribution in [1.29, 1.82) is 0 Å². The van der Waals surface area contributed by atoms with E-state index >= 15 is 0 Å². The molecule has 0 aromatic heterocycles. The maximum Gasteiger partial charge on any atom is 0.322 e. The molecular weight excluding hydrogens is 228 g/mol. The first-order valence-corrected chi connectivity index (χ1v) is 5.77. The van der Waals surface area contributed by atoms with Gasteiger partial charge in [-0.15, -0.1) is 0 Å². The van der Waals surface area contributed by atoms with Crippen LogP contribution < -0.4 is 0 Å². The van der Waals surface area contributed by atoms with Gasteiger partial charge in [0.1, 0.15) is 6.29 Å². The summed E-state index contributed by atoms with van der Waals surface area (Å²) < 4.78 is 0. The van der Waals surface area contributed by atoms with Crippen molar-refractivity contribution < 1.29 is 14.7 Å². The molecule has 1 N–H and O–H groups in total. The Bertz CT molecular complexity index is 528. The predicted octanol–water partition coefficient (Wildman–Crippen LogP) is 2.55. The van der Waals surface area contributed by atoms with E-state index < -0.39 is 11.4 Å². The second kappa shape index (κ2) is 4.61. The monoisotopic (exact) mass is 242 g/mol. The molecule has 2 unspecified atom stereocenters. The molecule has 3 nitrogen and oxygen atoms in total. The lowest BCUT2D eigenvalue weighted by molar-refractivity contribution is -0.149. The molecule has 0 aliphatic heterocycles. The van der Waals surface area contributed by atoms with E-state index in [4.69, 9.17) is 0 Å². The number of carboxylic acids is 1. The molecule has 0 saturated heterocycles. The van der Waals surface area contributed by atoms with Crippen LogP contribution in [0.3, 0.4) is 0 Å². The number of carbonyl (C=O) groups excluding carboxylic acids is 1. The van der Waals surface area contributed by atoms with Gasteiger partial charge >= 0.3 is 5.97 Å². The summed E-state index contributed by atoms with van der Waals surface area (Å²) in [6.07, 6.45) is 5.80. The molecule has 0 heterocycles. The summed E-state index contributed by atoms with van der Waals surface area (Å²) in [5.74, 6) is -1.47. The van der Waals surface area contributed by atoms with E-state index in [0.717, 1.165) is 5.56 Å². The third kappa shape index (κ3) is 1.68. The van der Waals surface area contributed by atoms with Gasteiger partial charge in [-0.3, -0.25) is 4.79 Å². The lowest BCUT2D eigenvalue weighted by atomic mass is 9.67. The first kappa shape index (κ1) is 12.3. The summed E-state index contributed by atoms with van der Waals surface area (Å²) in [5.41, 5.74) is -0.181. The van der Waals surface area contributed by atoms with Crippen molar-refractivity contribution >= 4 is 17.8 Å². The number of benzene rings is 1. The number of carboxylic acid groups (broad SMARTS) is 1. The summed E-state index contributed by atoms with van der Waals surface area (Å²) in [7, 11) is 0. The molecule has 1 aliphatic rings. The summed E-state index contributed by atoms with van der Waals surface area (Å²) in [4.78, 5) is 23.1. The van der Waals surface area contributed by atoms with E-state index in [9.17, 15) is 14.7 Å². The van der Waals surface area contributed by atoms with Crippen LogP contribution in [0.15, 0.2) is 48.6 Å². The second-order valence-corrected chi connectivity index (χ2v) is 4.41. The highest BCUT2D eigenvalue weighted by molar-refractivity contribution is 6.07. The minimum atomic E-state index is -1.49. The average molecular weight is 242 g/mol. The predicted molar refractivity (Wildman–Crippen MR) is 68.9 cm³/mol. The molecule has 92 valence electrons. The Balaban J connectivity index is 2.62. The SMILES string of the molecule is CC1C=CC=C(c2ccccc2)C1(C=O)C(=O)O. The molecule has 3 heteroatoms. The molecule has 0 spiro atoms. The Kier molecular flexibility index (Phi) is 3.15. The van der Waals surface area contributed by atoms with Crippen LogP contribution in [0.4, 0.5) is 0 Å². The van der Waals surface area contributed by atoms with Gasteiger partial charge in [-0.25, -0.2) is 0 Å². The number of carbonyl (C=O) groups is 2. The van der Waals surface area contributed by atoms with E-state index in [-0.39, 0.29) is 5.92 Å². The number of hydrogen-bond donors (Lipinski definition) is 1. The highest BCUT2D eigenvalue weighted by Gasteiger charge is 2.47. The normalized spacial score (nSPS) is 26.5. The van der Waals surface area contributed by atoms with Gasteiger partial charge in [0.25, 0.3) is 0 Å². The molecule has 2 atom stereocenters. The van der Waals surface area contributed by atoms with Crippen molar-refractivity contribution in [3.05, 3.63) is 54.1 Å². The van der Waals surface area contributed by atoms with E-state index in [1.807, 2.05) is 30.3 Å². The molecule has 1 aromatic rings. The molecular formula is C15H14O3. The van der Waals surface area contributed by atoms with Gasteiger partial charge in [0.15, 0.2) is 5.41 Å². The van der Waals surface area contributed by atoms with Crippen LogP contribution in [0, 0.1) is 11.3 Å². The highest BCUT2D eigenvalue weighted by Crippen LogP contribution is 2.43. The van der Waals surface area contributed by atoms with Gasteiger partial charge < -0.3 is 9.90 Å². The summed E-state index contributed by atoms with van der Waals surface area (Å²) in [6, 6.07) is 9.15. The van der Waals surface area contributed by atoms with E-state index in [0.29, 0.717) is 11.9 Å². The fourth-order valence-electron chi connectivity index (χ4n) is 2.34.